The molecule has 2 amide bonds. The van der Waals surface area contributed by atoms with Crippen LogP contribution in [0, 0.1) is 6.92 Å². The van der Waals surface area contributed by atoms with E-state index in [1.54, 1.807) is 13.2 Å². The average molecular weight is 473 g/mol. The van der Waals surface area contributed by atoms with Crippen molar-refractivity contribution in [3.05, 3.63) is 71.0 Å². The molecule has 3 rings (SSSR count). The number of nitrogens with one attached hydrogen (secondary N) is 1. The highest BCUT2D eigenvalue weighted by Crippen LogP contribution is 2.22. The fraction of sp³-hybridized carbons (Fsp3) is 0.190. The van der Waals surface area contributed by atoms with Crippen molar-refractivity contribution in [3.63, 3.8) is 0 Å². The molecule has 0 unspecified atom stereocenters. The number of anilines is 1. The largest absolute Gasteiger partial charge is 0.336 e. The second-order valence-corrected chi connectivity index (χ2v) is 8.37. The average Bonchev–Trinajstić information content (AvgIpc) is 3.17. The second-order valence-electron chi connectivity index (χ2n) is 6.51. The van der Waals surface area contributed by atoms with Crippen molar-refractivity contribution in [2.45, 2.75) is 12.1 Å². The van der Waals surface area contributed by atoms with Gasteiger partial charge in [-0.3, -0.25) is 14.2 Å². The van der Waals surface area contributed by atoms with Crippen LogP contribution in [-0.4, -0.2) is 45.6 Å². The van der Waals surface area contributed by atoms with Crippen LogP contribution in [0.4, 0.5) is 5.69 Å². The van der Waals surface area contributed by atoms with Gasteiger partial charge < -0.3 is 10.2 Å². The number of benzene rings is 2. The Labute approximate surface area is 182 Å². The van der Waals surface area contributed by atoms with Gasteiger partial charge in [-0.05, 0) is 43.3 Å². The molecule has 0 fully saturated rings. The smallest absolute Gasteiger partial charge is 0.243 e. The third-order valence-corrected chi connectivity index (χ3v) is 5.66. The Balaban J connectivity index is 1.53. The lowest BCUT2D eigenvalue weighted by Crippen LogP contribution is -2.36. The summed E-state index contributed by atoms with van der Waals surface area (Å²) in [5, 5.41) is 3.52. The fourth-order valence-electron chi connectivity index (χ4n) is 2.57. The van der Waals surface area contributed by atoms with Gasteiger partial charge in [0.2, 0.25) is 11.8 Å². The van der Waals surface area contributed by atoms with Gasteiger partial charge in [0, 0.05) is 35.3 Å². The van der Waals surface area contributed by atoms with E-state index in [9.17, 15) is 9.59 Å². The molecule has 0 aliphatic carbocycles. The maximum Gasteiger partial charge on any atom is 0.243 e. The Bertz CT molecular complexity index is 987. The molecule has 1 N–H and O–H groups in total. The zero-order chi connectivity index (χ0) is 20.8. The lowest BCUT2D eigenvalue weighted by Gasteiger charge is -2.17. The minimum absolute atomic E-state index is 0.00553. The van der Waals surface area contributed by atoms with Crippen molar-refractivity contribution in [2.24, 2.45) is 0 Å². The quantitative estimate of drug-likeness (QED) is 0.524. The van der Waals surface area contributed by atoms with Crippen LogP contribution in [0.2, 0.25) is 0 Å². The highest BCUT2D eigenvalue weighted by Gasteiger charge is 2.15. The number of aryl methyl sites for hydroxylation is 1. The molecule has 0 aliphatic rings. The van der Waals surface area contributed by atoms with Crippen molar-refractivity contribution in [1.29, 1.82) is 0 Å². The van der Waals surface area contributed by atoms with E-state index in [-0.39, 0.29) is 24.1 Å². The minimum atomic E-state index is -0.230. The molecule has 2 aromatic carbocycles. The summed E-state index contributed by atoms with van der Waals surface area (Å²) in [5.74, 6) is -0.174. The molecular formula is C21H21BrN4O2S. The molecule has 150 valence electrons. The molecular weight excluding hydrogens is 452 g/mol. The first-order valence-corrected chi connectivity index (χ1v) is 10.7. The second kappa shape index (κ2) is 9.76. The Hall–Kier alpha value is -2.58. The van der Waals surface area contributed by atoms with E-state index in [0.717, 1.165) is 20.9 Å². The highest BCUT2D eigenvalue weighted by molar-refractivity contribution is 9.10. The number of carbonyl (C=O) groups excluding carboxylic acids is 2. The summed E-state index contributed by atoms with van der Waals surface area (Å²) >= 11 is 4.76. The number of amides is 2. The molecule has 0 spiro atoms. The number of likely N-dealkylation sites (N-methyl/N-ethyl adjacent to an activating group) is 1. The Kier molecular flexibility index (Phi) is 7.11. The summed E-state index contributed by atoms with van der Waals surface area (Å²) < 4.78 is 2.92. The molecule has 0 bridgehead atoms. The van der Waals surface area contributed by atoms with Gasteiger partial charge in [-0.1, -0.05) is 45.4 Å². The fourth-order valence-corrected chi connectivity index (χ4v) is 3.75. The lowest BCUT2D eigenvalue weighted by molar-refractivity contribution is -0.131. The van der Waals surface area contributed by atoms with Crippen LogP contribution in [0.1, 0.15) is 5.56 Å². The van der Waals surface area contributed by atoms with E-state index in [2.05, 4.69) is 26.2 Å². The van der Waals surface area contributed by atoms with Crippen molar-refractivity contribution in [2.75, 3.05) is 24.7 Å². The van der Waals surface area contributed by atoms with Crippen LogP contribution >= 0.6 is 27.7 Å². The minimum Gasteiger partial charge on any atom is -0.336 e. The third kappa shape index (κ3) is 5.95. The number of thioether (sulfide) groups is 1. The van der Waals surface area contributed by atoms with Gasteiger partial charge in [-0.15, -0.1) is 0 Å². The highest BCUT2D eigenvalue weighted by atomic mass is 79.9. The number of hydrogen-bond donors (Lipinski definition) is 1. The van der Waals surface area contributed by atoms with Crippen LogP contribution in [0.3, 0.4) is 0 Å². The van der Waals surface area contributed by atoms with Crippen molar-refractivity contribution in [1.82, 2.24) is 14.5 Å². The number of imidazole rings is 1. The Morgan fingerprint density at radius 1 is 1.14 bits per heavy atom. The van der Waals surface area contributed by atoms with Gasteiger partial charge in [0.1, 0.15) is 0 Å². The van der Waals surface area contributed by atoms with E-state index in [4.69, 9.17) is 0 Å². The van der Waals surface area contributed by atoms with Gasteiger partial charge >= 0.3 is 0 Å². The van der Waals surface area contributed by atoms with Gasteiger partial charge in [0.25, 0.3) is 0 Å². The topological polar surface area (TPSA) is 67.2 Å². The maximum absolute atomic E-state index is 12.4. The van der Waals surface area contributed by atoms with Crippen LogP contribution in [-0.2, 0) is 9.59 Å². The number of halogens is 1. The zero-order valence-electron chi connectivity index (χ0n) is 16.1. The molecule has 1 aromatic heterocycles. The number of hydrogen-bond acceptors (Lipinski definition) is 4. The number of aromatic nitrogens is 2. The summed E-state index contributed by atoms with van der Waals surface area (Å²) in [6, 6.07) is 15.4. The summed E-state index contributed by atoms with van der Waals surface area (Å²) in [4.78, 5) is 30.4. The number of nitrogens with zero attached hydrogens (tertiary/aromatic N) is 3. The molecule has 1 heterocycles. The van der Waals surface area contributed by atoms with Gasteiger partial charge in [0.15, 0.2) is 5.16 Å². The van der Waals surface area contributed by atoms with Crippen molar-refractivity contribution in [3.8, 4) is 5.69 Å². The molecule has 0 saturated carbocycles. The molecule has 3 aromatic rings. The SMILES string of the molecule is Cc1ccc(NC(=O)CN(C)C(=O)CSc2nccn2-c2ccc(Br)cc2)cc1. The molecule has 29 heavy (non-hydrogen) atoms. The van der Waals surface area contributed by atoms with E-state index in [0.29, 0.717) is 5.69 Å². The first-order chi connectivity index (χ1) is 13.9. The van der Waals surface area contributed by atoms with Crippen LogP contribution < -0.4 is 5.32 Å². The van der Waals surface area contributed by atoms with Gasteiger partial charge in [-0.25, -0.2) is 4.98 Å². The monoisotopic (exact) mass is 472 g/mol. The van der Waals surface area contributed by atoms with Crippen LogP contribution in [0.5, 0.6) is 0 Å². The Morgan fingerprint density at radius 2 is 1.83 bits per heavy atom. The van der Waals surface area contributed by atoms with Gasteiger partial charge in [-0.2, -0.15) is 0 Å². The van der Waals surface area contributed by atoms with Crippen molar-refractivity contribution < 1.29 is 9.59 Å². The van der Waals surface area contributed by atoms with E-state index >= 15 is 0 Å². The molecule has 6 nitrogen and oxygen atoms in total. The molecule has 0 radical (unpaired) electrons. The summed E-state index contributed by atoms with van der Waals surface area (Å²) in [6.45, 7) is 1.98. The summed E-state index contributed by atoms with van der Waals surface area (Å²) in [6.07, 6.45) is 3.56. The lowest BCUT2D eigenvalue weighted by atomic mass is 10.2. The number of rotatable bonds is 7. The summed E-state index contributed by atoms with van der Waals surface area (Å²) in [5.41, 5.74) is 2.80. The Morgan fingerprint density at radius 3 is 2.52 bits per heavy atom. The standard InChI is InChI=1S/C21H21BrN4O2S/c1-15-3-7-17(8-4-15)24-19(27)13-25(2)20(28)14-29-21-23-11-12-26(21)18-9-5-16(22)6-10-18/h3-12H,13-14H2,1-2H3,(H,24,27). The predicted octanol–water partition coefficient (Wildman–Crippen LogP) is 4.13. The molecule has 0 aliphatic heterocycles. The third-order valence-electron chi connectivity index (χ3n) is 4.18. The molecule has 8 heteroatoms. The predicted molar refractivity (Wildman–Crippen MR) is 119 cm³/mol. The summed E-state index contributed by atoms with van der Waals surface area (Å²) in [7, 11) is 1.62. The normalized spacial score (nSPS) is 10.6. The van der Waals surface area contributed by atoms with E-state index < -0.39 is 0 Å². The maximum atomic E-state index is 12.4. The van der Waals surface area contributed by atoms with Crippen LogP contribution in [0.25, 0.3) is 5.69 Å². The van der Waals surface area contributed by atoms with E-state index in [1.165, 1.54) is 16.7 Å². The first kappa shape index (κ1) is 21.1. The van der Waals surface area contributed by atoms with Gasteiger partial charge in [0.05, 0.1) is 12.3 Å². The molecule has 0 atom stereocenters. The van der Waals surface area contributed by atoms with E-state index in [1.807, 2.05) is 66.2 Å². The van der Waals surface area contributed by atoms with Crippen molar-refractivity contribution >= 4 is 45.2 Å². The zero-order valence-corrected chi connectivity index (χ0v) is 18.5. The van der Waals surface area contributed by atoms with Crippen LogP contribution in [0.15, 0.2) is 70.6 Å². The number of carbonyl (C=O) groups is 2. The molecule has 0 saturated heterocycles. The first-order valence-electron chi connectivity index (χ1n) is 8.95.